The molecular weight excluding hydrogens is 294 g/mol. The van der Waals surface area contributed by atoms with Gasteiger partial charge in [-0.1, -0.05) is 48.9 Å². The van der Waals surface area contributed by atoms with Gasteiger partial charge in [-0.3, -0.25) is 0 Å². The lowest BCUT2D eigenvalue weighted by Crippen LogP contribution is -2.15. The van der Waals surface area contributed by atoms with Gasteiger partial charge < -0.3 is 5.32 Å². The molecule has 0 unspecified atom stereocenters. The van der Waals surface area contributed by atoms with Crippen molar-refractivity contribution in [1.82, 2.24) is 9.97 Å². The summed E-state index contributed by atoms with van der Waals surface area (Å²) in [5, 5.41) is 5.14. The van der Waals surface area contributed by atoms with Crippen molar-refractivity contribution in [3.63, 3.8) is 0 Å². The Morgan fingerprint density at radius 3 is 2.59 bits per heavy atom. The SMILES string of the molecule is CC[C@H](C)Nc1nc(-c2ccccc2)nc2cc(Cl)ccc12. The number of hydrogen-bond donors (Lipinski definition) is 1. The van der Waals surface area contributed by atoms with Gasteiger partial charge in [0.25, 0.3) is 0 Å². The lowest BCUT2D eigenvalue weighted by atomic mass is 10.1. The summed E-state index contributed by atoms with van der Waals surface area (Å²) < 4.78 is 0. The van der Waals surface area contributed by atoms with Crippen LogP contribution in [0.1, 0.15) is 20.3 Å². The van der Waals surface area contributed by atoms with Crippen LogP contribution >= 0.6 is 11.6 Å². The number of nitrogens with one attached hydrogen (secondary N) is 1. The molecule has 0 radical (unpaired) electrons. The molecule has 0 aliphatic heterocycles. The highest BCUT2D eigenvalue weighted by molar-refractivity contribution is 6.31. The van der Waals surface area contributed by atoms with Crippen LogP contribution in [0.4, 0.5) is 5.82 Å². The van der Waals surface area contributed by atoms with Crippen LogP contribution in [-0.2, 0) is 0 Å². The lowest BCUT2D eigenvalue weighted by molar-refractivity contribution is 0.760. The zero-order chi connectivity index (χ0) is 15.5. The van der Waals surface area contributed by atoms with E-state index in [0.29, 0.717) is 16.9 Å². The molecule has 1 atom stereocenters. The minimum Gasteiger partial charge on any atom is -0.367 e. The Morgan fingerprint density at radius 2 is 1.86 bits per heavy atom. The van der Waals surface area contributed by atoms with Gasteiger partial charge in [-0.05, 0) is 31.5 Å². The van der Waals surface area contributed by atoms with E-state index in [1.54, 1.807) is 0 Å². The van der Waals surface area contributed by atoms with Crippen molar-refractivity contribution in [2.45, 2.75) is 26.3 Å². The first-order chi connectivity index (χ1) is 10.7. The molecule has 1 aromatic heterocycles. The summed E-state index contributed by atoms with van der Waals surface area (Å²) in [6, 6.07) is 16.1. The van der Waals surface area contributed by atoms with Crippen molar-refractivity contribution in [2.24, 2.45) is 0 Å². The first kappa shape index (κ1) is 14.8. The van der Waals surface area contributed by atoms with E-state index in [0.717, 1.165) is 28.7 Å². The highest BCUT2D eigenvalue weighted by Crippen LogP contribution is 2.27. The van der Waals surface area contributed by atoms with Crippen LogP contribution in [0.15, 0.2) is 48.5 Å². The van der Waals surface area contributed by atoms with Crippen molar-refractivity contribution in [2.75, 3.05) is 5.32 Å². The third kappa shape index (κ3) is 3.04. The zero-order valence-corrected chi connectivity index (χ0v) is 13.4. The topological polar surface area (TPSA) is 37.8 Å². The Balaban J connectivity index is 2.18. The molecule has 3 nitrogen and oxygen atoms in total. The molecule has 112 valence electrons. The maximum Gasteiger partial charge on any atom is 0.162 e. The largest absolute Gasteiger partial charge is 0.367 e. The molecule has 4 heteroatoms. The minimum atomic E-state index is 0.345. The monoisotopic (exact) mass is 311 g/mol. The minimum absolute atomic E-state index is 0.345. The second kappa shape index (κ2) is 6.32. The summed E-state index contributed by atoms with van der Waals surface area (Å²) in [5.41, 5.74) is 1.85. The normalized spacial score (nSPS) is 12.3. The maximum atomic E-state index is 6.12. The predicted octanol–water partition coefficient (Wildman–Crippen LogP) is 5.16. The number of hydrogen-bond acceptors (Lipinski definition) is 3. The van der Waals surface area contributed by atoms with E-state index in [1.807, 2.05) is 48.5 Å². The molecule has 3 rings (SSSR count). The van der Waals surface area contributed by atoms with Gasteiger partial charge in [-0.25, -0.2) is 9.97 Å². The van der Waals surface area contributed by atoms with E-state index in [9.17, 15) is 0 Å². The maximum absolute atomic E-state index is 6.12. The summed E-state index contributed by atoms with van der Waals surface area (Å²) in [4.78, 5) is 9.39. The fourth-order valence-corrected chi connectivity index (χ4v) is 2.43. The average Bonchev–Trinajstić information content (AvgIpc) is 2.55. The number of aromatic nitrogens is 2. The summed E-state index contributed by atoms with van der Waals surface area (Å²) in [5.74, 6) is 1.57. The molecule has 0 fully saturated rings. The van der Waals surface area contributed by atoms with Gasteiger partial charge in [0.1, 0.15) is 5.82 Å². The van der Waals surface area contributed by atoms with Gasteiger partial charge in [0.2, 0.25) is 0 Å². The molecule has 0 aliphatic rings. The van der Waals surface area contributed by atoms with Gasteiger partial charge >= 0.3 is 0 Å². The van der Waals surface area contributed by atoms with E-state index in [-0.39, 0.29) is 0 Å². The van der Waals surface area contributed by atoms with Crippen molar-refractivity contribution < 1.29 is 0 Å². The fraction of sp³-hybridized carbons (Fsp3) is 0.222. The van der Waals surface area contributed by atoms with Crippen molar-refractivity contribution >= 4 is 28.3 Å². The van der Waals surface area contributed by atoms with E-state index in [2.05, 4.69) is 24.1 Å². The van der Waals surface area contributed by atoms with Crippen molar-refractivity contribution in [1.29, 1.82) is 0 Å². The molecule has 0 amide bonds. The predicted molar refractivity (Wildman–Crippen MR) is 93.4 cm³/mol. The van der Waals surface area contributed by atoms with Crippen molar-refractivity contribution in [3.8, 4) is 11.4 Å². The number of anilines is 1. The van der Waals surface area contributed by atoms with E-state index in [4.69, 9.17) is 16.6 Å². The van der Waals surface area contributed by atoms with Gasteiger partial charge in [0, 0.05) is 22.0 Å². The van der Waals surface area contributed by atoms with Crippen molar-refractivity contribution in [3.05, 3.63) is 53.6 Å². The summed E-state index contributed by atoms with van der Waals surface area (Å²) in [7, 11) is 0. The summed E-state index contributed by atoms with van der Waals surface area (Å²) in [6.45, 7) is 4.29. The molecule has 2 aromatic carbocycles. The van der Waals surface area contributed by atoms with Crippen LogP contribution in [0.25, 0.3) is 22.3 Å². The van der Waals surface area contributed by atoms with Crippen LogP contribution < -0.4 is 5.32 Å². The molecule has 0 aliphatic carbocycles. The van der Waals surface area contributed by atoms with E-state index >= 15 is 0 Å². The number of benzene rings is 2. The average molecular weight is 312 g/mol. The lowest BCUT2D eigenvalue weighted by Gasteiger charge is -2.15. The second-order valence-electron chi connectivity index (χ2n) is 5.38. The molecule has 0 saturated carbocycles. The summed E-state index contributed by atoms with van der Waals surface area (Å²) in [6.07, 6.45) is 1.03. The molecule has 0 bridgehead atoms. The quantitative estimate of drug-likeness (QED) is 0.723. The smallest absolute Gasteiger partial charge is 0.162 e. The fourth-order valence-electron chi connectivity index (χ4n) is 2.26. The Labute approximate surface area is 135 Å². The molecule has 1 N–H and O–H groups in total. The van der Waals surface area contributed by atoms with Gasteiger partial charge in [0.15, 0.2) is 5.82 Å². The van der Waals surface area contributed by atoms with Gasteiger partial charge in [-0.15, -0.1) is 0 Å². The van der Waals surface area contributed by atoms with Crippen LogP contribution in [0.3, 0.4) is 0 Å². The van der Waals surface area contributed by atoms with Gasteiger partial charge in [-0.2, -0.15) is 0 Å². The van der Waals surface area contributed by atoms with E-state index in [1.165, 1.54) is 0 Å². The van der Waals surface area contributed by atoms with E-state index < -0.39 is 0 Å². The molecule has 0 spiro atoms. The third-order valence-corrected chi connectivity index (χ3v) is 3.92. The standard InChI is InChI=1S/C18H18ClN3/c1-3-12(2)20-18-15-10-9-14(19)11-16(15)21-17(22-18)13-7-5-4-6-8-13/h4-12H,3H2,1-2H3,(H,20,21,22)/t12-/m0/s1. The Morgan fingerprint density at radius 1 is 1.09 bits per heavy atom. The molecular formula is C18H18ClN3. The number of fused-ring (bicyclic) bond motifs is 1. The van der Waals surface area contributed by atoms with Gasteiger partial charge in [0.05, 0.1) is 5.52 Å². The first-order valence-electron chi connectivity index (χ1n) is 7.46. The highest BCUT2D eigenvalue weighted by Gasteiger charge is 2.11. The van der Waals surface area contributed by atoms with Crippen LogP contribution in [-0.4, -0.2) is 16.0 Å². The third-order valence-electron chi connectivity index (χ3n) is 3.69. The van der Waals surface area contributed by atoms with Crippen LogP contribution in [0, 0.1) is 0 Å². The number of nitrogens with zero attached hydrogens (tertiary/aromatic N) is 2. The summed E-state index contributed by atoms with van der Waals surface area (Å²) >= 11 is 6.12. The molecule has 3 aromatic rings. The highest BCUT2D eigenvalue weighted by atomic mass is 35.5. The second-order valence-corrected chi connectivity index (χ2v) is 5.81. The van der Waals surface area contributed by atoms with Crippen LogP contribution in [0.2, 0.25) is 5.02 Å². The van der Waals surface area contributed by atoms with Crippen LogP contribution in [0.5, 0.6) is 0 Å². The Kier molecular flexibility index (Phi) is 4.25. The number of rotatable bonds is 4. The Hall–Kier alpha value is -2.13. The zero-order valence-electron chi connectivity index (χ0n) is 12.7. The molecule has 1 heterocycles. The molecule has 22 heavy (non-hydrogen) atoms. The number of halogens is 1. The first-order valence-corrected chi connectivity index (χ1v) is 7.84. The molecule has 0 saturated heterocycles. The Bertz CT molecular complexity index is 787.